The lowest BCUT2D eigenvalue weighted by Gasteiger charge is -2.24. The fourth-order valence-electron chi connectivity index (χ4n) is 4.15. The van der Waals surface area contributed by atoms with Gasteiger partial charge in [0.25, 0.3) is 5.56 Å². The van der Waals surface area contributed by atoms with Crippen molar-refractivity contribution in [2.24, 2.45) is 4.99 Å². The van der Waals surface area contributed by atoms with E-state index in [1.165, 1.54) is 16.7 Å². The molecule has 0 spiro atoms. The lowest BCUT2D eigenvalue weighted by molar-refractivity contribution is -0.139. The number of allylic oxidation sites excluding steroid dienone is 1. The Balaban J connectivity index is 1.63. The number of aromatic nitrogens is 1. The Kier molecular flexibility index (Phi) is 6.90. The first kappa shape index (κ1) is 25.2. The fourth-order valence-corrected chi connectivity index (χ4v) is 5.67. The first-order valence-corrected chi connectivity index (χ1v) is 12.8. The number of halogens is 3. The van der Waals surface area contributed by atoms with Crippen LogP contribution >= 0.6 is 34.5 Å². The molecule has 37 heavy (non-hydrogen) atoms. The monoisotopic (exact) mass is 556 g/mol. The molecule has 0 saturated carbocycles. The maximum Gasteiger partial charge on any atom is 0.338 e. The van der Waals surface area contributed by atoms with E-state index in [0.29, 0.717) is 47.7 Å². The quantitative estimate of drug-likeness (QED) is 0.304. The van der Waals surface area contributed by atoms with E-state index in [1.807, 2.05) is 0 Å². The Labute approximate surface area is 224 Å². The molecule has 1 unspecified atom stereocenters. The molecule has 2 aromatic heterocycles. The van der Waals surface area contributed by atoms with Gasteiger partial charge in [-0.2, -0.15) is 0 Å². The maximum atomic E-state index is 13.7. The van der Waals surface area contributed by atoms with Crippen molar-refractivity contribution in [3.05, 3.63) is 113 Å². The molecular formula is C27H19Cl2FN2O4S. The number of nitrogens with zero attached hydrogens (tertiary/aromatic N) is 2. The Morgan fingerprint density at radius 1 is 1.19 bits per heavy atom. The number of esters is 1. The van der Waals surface area contributed by atoms with Crippen LogP contribution in [0, 0.1) is 5.82 Å². The topological polar surface area (TPSA) is 73.8 Å². The van der Waals surface area contributed by atoms with Crippen LogP contribution in [0.3, 0.4) is 0 Å². The zero-order chi connectivity index (χ0) is 26.3. The third-order valence-electron chi connectivity index (χ3n) is 5.80. The van der Waals surface area contributed by atoms with Crippen LogP contribution in [-0.4, -0.2) is 17.1 Å². The third kappa shape index (κ3) is 4.80. The van der Waals surface area contributed by atoms with Gasteiger partial charge in [-0.15, -0.1) is 0 Å². The minimum Gasteiger partial charge on any atom is -0.463 e. The summed E-state index contributed by atoms with van der Waals surface area (Å²) in [5.74, 6) is -0.0527. The van der Waals surface area contributed by atoms with Gasteiger partial charge in [-0.05, 0) is 61.9 Å². The maximum absolute atomic E-state index is 13.7. The molecule has 6 nitrogen and oxygen atoms in total. The molecule has 1 aliphatic heterocycles. The highest BCUT2D eigenvalue weighted by molar-refractivity contribution is 7.07. The second-order valence-corrected chi connectivity index (χ2v) is 10.0. The molecule has 2 aromatic carbocycles. The van der Waals surface area contributed by atoms with Crippen molar-refractivity contribution in [1.29, 1.82) is 0 Å². The van der Waals surface area contributed by atoms with E-state index >= 15 is 0 Å². The van der Waals surface area contributed by atoms with E-state index in [9.17, 15) is 14.0 Å². The first-order valence-electron chi connectivity index (χ1n) is 11.3. The second kappa shape index (κ2) is 10.1. The molecule has 10 heteroatoms. The first-order chi connectivity index (χ1) is 17.8. The molecule has 3 heterocycles. The van der Waals surface area contributed by atoms with Crippen LogP contribution in [0.25, 0.3) is 17.4 Å². The summed E-state index contributed by atoms with van der Waals surface area (Å²) in [6, 6.07) is 13.4. The second-order valence-electron chi connectivity index (χ2n) is 8.18. The standard InChI is InChI=1S/C27H19Cl2FN2O4S/c1-3-35-26(34)23-14(2)31-27-32(24(23)15-4-7-17(30)8-5-15)25(33)22(37-27)13-18-9-11-21(36-18)19-10-6-16(28)12-20(19)29/h4-13,24H,3H2,1-2H3/b22-13-. The van der Waals surface area contributed by atoms with Crippen molar-refractivity contribution in [2.45, 2.75) is 19.9 Å². The summed E-state index contributed by atoms with van der Waals surface area (Å²) < 4.78 is 26.7. The van der Waals surface area contributed by atoms with Crippen molar-refractivity contribution in [3.8, 4) is 11.3 Å². The van der Waals surface area contributed by atoms with Crippen molar-refractivity contribution in [1.82, 2.24) is 4.57 Å². The molecule has 0 N–H and O–H groups in total. The van der Waals surface area contributed by atoms with Gasteiger partial charge in [0.15, 0.2) is 4.80 Å². The minimum absolute atomic E-state index is 0.161. The van der Waals surface area contributed by atoms with Gasteiger partial charge in [0.2, 0.25) is 0 Å². The Morgan fingerprint density at radius 2 is 1.95 bits per heavy atom. The number of carbonyl (C=O) groups excluding carboxylic acids is 1. The van der Waals surface area contributed by atoms with E-state index < -0.39 is 17.8 Å². The van der Waals surface area contributed by atoms with Crippen molar-refractivity contribution in [3.63, 3.8) is 0 Å². The summed E-state index contributed by atoms with van der Waals surface area (Å²) in [4.78, 5) is 31.5. The van der Waals surface area contributed by atoms with Gasteiger partial charge in [0.1, 0.15) is 17.3 Å². The Morgan fingerprint density at radius 3 is 2.65 bits per heavy atom. The molecule has 0 fully saturated rings. The lowest BCUT2D eigenvalue weighted by Crippen LogP contribution is -2.39. The number of furan rings is 1. The molecule has 5 rings (SSSR count). The highest BCUT2D eigenvalue weighted by atomic mass is 35.5. The van der Waals surface area contributed by atoms with Gasteiger partial charge in [0, 0.05) is 16.7 Å². The summed E-state index contributed by atoms with van der Waals surface area (Å²) >= 11 is 13.5. The van der Waals surface area contributed by atoms with Crippen LogP contribution < -0.4 is 14.9 Å². The van der Waals surface area contributed by atoms with E-state index in [1.54, 1.807) is 62.4 Å². The molecule has 1 aliphatic rings. The SMILES string of the molecule is CCOC(=O)C1=C(C)N=c2s/c(=C\c3ccc(-c4ccc(Cl)cc4Cl)o3)c(=O)n2C1c1ccc(F)cc1. The number of rotatable bonds is 5. The van der Waals surface area contributed by atoms with E-state index in [0.717, 1.165) is 11.3 Å². The molecule has 0 radical (unpaired) electrons. The Bertz CT molecular complexity index is 1730. The summed E-state index contributed by atoms with van der Waals surface area (Å²) in [6.07, 6.45) is 1.61. The number of hydrogen-bond acceptors (Lipinski definition) is 6. The molecule has 0 bridgehead atoms. The lowest BCUT2D eigenvalue weighted by atomic mass is 9.96. The minimum atomic E-state index is -0.821. The summed E-state index contributed by atoms with van der Waals surface area (Å²) in [5.41, 5.74) is 1.51. The largest absolute Gasteiger partial charge is 0.463 e. The zero-order valence-electron chi connectivity index (χ0n) is 19.6. The highest BCUT2D eigenvalue weighted by Gasteiger charge is 2.33. The van der Waals surface area contributed by atoms with Crippen molar-refractivity contribution in [2.75, 3.05) is 6.61 Å². The number of carbonyl (C=O) groups is 1. The average molecular weight is 557 g/mol. The third-order valence-corrected chi connectivity index (χ3v) is 7.33. The number of benzene rings is 2. The van der Waals surface area contributed by atoms with Crippen molar-refractivity contribution < 1.29 is 18.3 Å². The van der Waals surface area contributed by atoms with E-state index in [2.05, 4.69) is 4.99 Å². The average Bonchev–Trinajstić information content (AvgIpc) is 3.43. The van der Waals surface area contributed by atoms with Crippen LogP contribution in [0.4, 0.5) is 4.39 Å². The zero-order valence-corrected chi connectivity index (χ0v) is 22.0. The summed E-state index contributed by atoms with van der Waals surface area (Å²) in [7, 11) is 0. The van der Waals surface area contributed by atoms with Gasteiger partial charge < -0.3 is 9.15 Å². The smallest absolute Gasteiger partial charge is 0.338 e. The van der Waals surface area contributed by atoms with Crippen LogP contribution in [0.2, 0.25) is 10.0 Å². The molecule has 0 amide bonds. The molecular weight excluding hydrogens is 538 g/mol. The van der Waals surface area contributed by atoms with Gasteiger partial charge in [-0.3, -0.25) is 9.36 Å². The number of fused-ring (bicyclic) bond motifs is 1. The molecule has 188 valence electrons. The van der Waals surface area contributed by atoms with E-state index in [-0.39, 0.29) is 17.7 Å². The van der Waals surface area contributed by atoms with Crippen LogP contribution in [0.15, 0.2) is 80.1 Å². The molecule has 1 atom stereocenters. The highest BCUT2D eigenvalue weighted by Crippen LogP contribution is 2.32. The van der Waals surface area contributed by atoms with Gasteiger partial charge in [-0.25, -0.2) is 14.2 Å². The van der Waals surface area contributed by atoms with Gasteiger partial charge in [-0.1, -0.05) is 46.7 Å². The van der Waals surface area contributed by atoms with Crippen molar-refractivity contribution >= 4 is 46.6 Å². The van der Waals surface area contributed by atoms with Gasteiger partial charge >= 0.3 is 5.97 Å². The molecule has 0 aliphatic carbocycles. The number of ether oxygens (including phenoxy) is 1. The fraction of sp³-hybridized carbons (Fsp3) is 0.148. The summed E-state index contributed by atoms with van der Waals surface area (Å²) in [5, 5.41) is 0.948. The molecule has 4 aromatic rings. The number of thiazole rings is 1. The predicted molar refractivity (Wildman–Crippen MR) is 141 cm³/mol. The van der Waals surface area contributed by atoms with Crippen LogP contribution in [0.5, 0.6) is 0 Å². The van der Waals surface area contributed by atoms with E-state index in [4.69, 9.17) is 32.4 Å². The summed E-state index contributed by atoms with van der Waals surface area (Å²) in [6.45, 7) is 3.55. The molecule has 0 saturated heterocycles. The normalized spacial score (nSPS) is 15.5. The van der Waals surface area contributed by atoms with Gasteiger partial charge in [0.05, 0.1) is 33.5 Å². The predicted octanol–water partition coefficient (Wildman–Crippen LogP) is 5.50. The van der Waals surface area contributed by atoms with Crippen LogP contribution in [-0.2, 0) is 9.53 Å². The number of hydrogen-bond donors (Lipinski definition) is 0. The van der Waals surface area contributed by atoms with Crippen LogP contribution in [0.1, 0.15) is 31.2 Å². The Hall–Kier alpha value is -3.46.